The summed E-state index contributed by atoms with van der Waals surface area (Å²) >= 11 is 6.05. The van der Waals surface area contributed by atoms with Gasteiger partial charge in [-0.05, 0) is 59.7 Å². The Kier molecular flexibility index (Phi) is 5.54. The van der Waals surface area contributed by atoms with Gasteiger partial charge in [-0.25, -0.2) is 0 Å². The summed E-state index contributed by atoms with van der Waals surface area (Å²) in [7, 11) is 0. The fourth-order valence-corrected chi connectivity index (χ4v) is 4.51. The van der Waals surface area contributed by atoms with E-state index in [0.717, 1.165) is 36.8 Å². The molecule has 0 bridgehead atoms. The number of nitrogens with one attached hydrogen (secondary N) is 1. The van der Waals surface area contributed by atoms with Crippen LogP contribution in [0.5, 0.6) is 5.75 Å². The van der Waals surface area contributed by atoms with Crippen LogP contribution in [0.4, 0.5) is 13.2 Å². The first-order valence-electron chi connectivity index (χ1n) is 9.39. The summed E-state index contributed by atoms with van der Waals surface area (Å²) < 4.78 is 40.9. The molecule has 2 aliphatic rings. The van der Waals surface area contributed by atoms with E-state index in [-0.39, 0.29) is 5.75 Å². The van der Waals surface area contributed by atoms with Crippen LogP contribution in [0.2, 0.25) is 5.02 Å². The number of benzene rings is 2. The van der Waals surface area contributed by atoms with E-state index < -0.39 is 6.36 Å². The van der Waals surface area contributed by atoms with Gasteiger partial charge in [0.1, 0.15) is 5.75 Å². The van der Waals surface area contributed by atoms with Crippen molar-refractivity contribution in [1.29, 1.82) is 0 Å². The molecule has 150 valence electrons. The summed E-state index contributed by atoms with van der Waals surface area (Å²) in [6.07, 6.45) is -4.66. The lowest BCUT2D eigenvalue weighted by molar-refractivity contribution is -0.274. The maximum absolute atomic E-state index is 12.3. The summed E-state index contributed by atoms with van der Waals surface area (Å²) in [4.78, 5) is 2.47. The maximum atomic E-state index is 12.3. The van der Waals surface area contributed by atoms with Gasteiger partial charge >= 0.3 is 6.36 Å². The van der Waals surface area contributed by atoms with Gasteiger partial charge in [0.25, 0.3) is 0 Å². The molecular formula is C21H22ClF3N2O. The first kappa shape index (κ1) is 19.6. The lowest BCUT2D eigenvalue weighted by Crippen LogP contribution is -2.27. The molecule has 2 unspecified atom stereocenters. The SMILES string of the molecule is FC(F)(F)Oc1cccc(CNCC2C3CN(Cc4cccc(Cl)c4)CC23)c1. The molecule has 1 aliphatic heterocycles. The van der Waals surface area contributed by atoms with Crippen LogP contribution in [0.1, 0.15) is 11.1 Å². The molecule has 1 saturated carbocycles. The third-order valence-corrected chi connectivity index (χ3v) is 5.82. The molecule has 2 aromatic rings. The second-order valence-electron chi connectivity index (χ2n) is 7.64. The topological polar surface area (TPSA) is 24.5 Å². The Hall–Kier alpha value is -1.76. The molecule has 1 saturated heterocycles. The van der Waals surface area contributed by atoms with Crippen molar-refractivity contribution in [2.75, 3.05) is 19.6 Å². The van der Waals surface area contributed by atoms with Crippen molar-refractivity contribution in [3.8, 4) is 5.75 Å². The highest BCUT2D eigenvalue weighted by Crippen LogP contribution is 2.51. The van der Waals surface area contributed by atoms with Crippen LogP contribution in [-0.2, 0) is 13.1 Å². The molecule has 2 atom stereocenters. The van der Waals surface area contributed by atoms with Crippen LogP contribution in [0.15, 0.2) is 48.5 Å². The number of fused-ring (bicyclic) bond motifs is 1. The second-order valence-corrected chi connectivity index (χ2v) is 8.08. The van der Waals surface area contributed by atoms with E-state index in [0.29, 0.717) is 24.3 Å². The van der Waals surface area contributed by atoms with Crippen LogP contribution in [-0.4, -0.2) is 30.9 Å². The summed E-state index contributed by atoms with van der Waals surface area (Å²) in [5.41, 5.74) is 2.03. The van der Waals surface area contributed by atoms with Crippen LogP contribution >= 0.6 is 11.6 Å². The van der Waals surface area contributed by atoms with Gasteiger partial charge in [0, 0.05) is 31.2 Å². The largest absolute Gasteiger partial charge is 0.573 e. The minimum atomic E-state index is -4.66. The normalized spacial score (nSPS) is 24.2. The number of likely N-dealkylation sites (tertiary alicyclic amines) is 1. The van der Waals surface area contributed by atoms with E-state index in [2.05, 4.69) is 21.0 Å². The van der Waals surface area contributed by atoms with E-state index in [1.54, 1.807) is 12.1 Å². The molecule has 4 rings (SSSR count). The van der Waals surface area contributed by atoms with Crippen molar-refractivity contribution in [1.82, 2.24) is 10.2 Å². The standard InChI is InChI=1S/C21H22ClF3N2O/c22-16-5-1-4-15(7-16)11-27-12-19-18(20(19)13-27)10-26-9-14-3-2-6-17(8-14)28-21(23,24)25/h1-8,18-20,26H,9-13H2. The number of halogens is 4. The zero-order valence-electron chi connectivity index (χ0n) is 15.3. The molecule has 0 radical (unpaired) electrons. The fourth-order valence-electron chi connectivity index (χ4n) is 4.30. The van der Waals surface area contributed by atoms with Crippen LogP contribution < -0.4 is 10.1 Å². The smallest absolute Gasteiger partial charge is 0.406 e. The Labute approximate surface area is 167 Å². The van der Waals surface area contributed by atoms with Crippen LogP contribution in [0, 0.1) is 17.8 Å². The molecule has 1 heterocycles. The van der Waals surface area contributed by atoms with Gasteiger partial charge in [-0.2, -0.15) is 0 Å². The third-order valence-electron chi connectivity index (χ3n) is 5.58. The Bertz CT molecular complexity index is 817. The van der Waals surface area contributed by atoms with Crippen molar-refractivity contribution in [3.05, 3.63) is 64.7 Å². The highest BCUT2D eigenvalue weighted by molar-refractivity contribution is 6.30. The lowest BCUT2D eigenvalue weighted by Gasteiger charge is -2.19. The molecule has 2 fully saturated rings. The van der Waals surface area contributed by atoms with Crippen LogP contribution in [0.3, 0.4) is 0 Å². The Morgan fingerprint density at radius 1 is 1.04 bits per heavy atom. The zero-order valence-corrected chi connectivity index (χ0v) is 16.0. The molecule has 7 heteroatoms. The van der Waals surface area contributed by atoms with E-state index in [4.69, 9.17) is 11.6 Å². The Balaban J connectivity index is 1.19. The molecule has 0 amide bonds. The van der Waals surface area contributed by atoms with E-state index >= 15 is 0 Å². The number of rotatable bonds is 7. The van der Waals surface area contributed by atoms with Gasteiger partial charge in [-0.15, -0.1) is 13.2 Å². The first-order valence-corrected chi connectivity index (χ1v) is 9.77. The fraction of sp³-hybridized carbons (Fsp3) is 0.429. The summed E-state index contributed by atoms with van der Waals surface area (Å²) in [6.45, 7) is 4.55. The molecule has 0 aromatic heterocycles. The van der Waals surface area contributed by atoms with E-state index in [1.165, 1.54) is 17.7 Å². The third kappa shape index (κ3) is 4.99. The summed E-state index contributed by atoms with van der Waals surface area (Å²) in [6, 6.07) is 14.1. The molecule has 2 aromatic carbocycles. The highest BCUT2D eigenvalue weighted by atomic mass is 35.5. The molecule has 28 heavy (non-hydrogen) atoms. The average molecular weight is 411 g/mol. The van der Waals surface area contributed by atoms with Crippen molar-refractivity contribution in [2.24, 2.45) is 17.8 Å². The van der Waals surface area contributed by atoms with Crippen molar-refractivity contribution < 1.29 is 17.9 Å². The number of alkyl halides is 3. The van der Waals surface area contributed by atoms with Crippen molar-refractivity contribution >= 4 is 11.6 Å². The zero-order chi connectivity index (χ0) is 19.7. The lowest BCUT2D eigenvalue weighted by atomic mass is 10.2. The first-order chi connectivity index (χ1) is 13.4. The van der Waals surface area contributed by atoms with E-state index in [9.17, 15) is 13.2 Å². The maximum Gasteiger partial charge on any atom is 0.573 e. The quantitative estimate of drug-likeness (QED) is 0.715. The van der Waals surface area contributed by atoms with Crippen molar-refractivity contribution in [2.45, 2.75) is 19.5 Å². The molecular weight excluding hydrogens is 389 g/mol. The molecule has 1 aliphatic carbocycles. The van der Waals surface area contributed by atoms with Gasteiger partial charge in [-0.3, -0.25) is 4.90 Å². The van der Waals surface area contributed by atoms with Crippen LogP contribution in [0.25, 0.3) is 0 Å². The number of hydrogen-bond acceptors (Lipinski definition) is 3. The highest BCUT2D eigenvalue weighted by Gasteiger charge is 2.54. The number of nitrogens with zero attached hydrogens (tertiary/aromatic N) is 1. The Morgan fingerprint density at radius 2 is 1.75 bits per heavy atom. The summed E-state index contributed by atoms with van der Waals surface area (Å²) in [5.74, 6) is 1.91. The number of piperidine rings is 1. The summed E-state index contributed by atoms with van der Waals surface area (Å²) in [5, 5.41) is 4.15. The molecule has 1 N–H and O–H groups in total. The second kappa shape index (κ2) is 7.93. The number of ether oxygens (including phenoxy) is 1. The monoisotopic (exact) mass is 410 g/mol. The van der Waals surface area contributed by atoms with Gasteiger partial charge < -0.3 is 10.1 Å². The predicted octanol–water partition coefficient (Wildman–Crippen LogP) is 4.71. The molecule has 3 nitrogen and oxygen atoms in total. The molecule has 0 spiro atoms. The predicted molar refractivity (Wildman–Crippen MR) is 102 cm³/mol. The number of hydrogen-bond donors (Lipinski definition) is 1. The Morgan fingerprint density at radius 3 is 2.46 bits per heavy atom. The minimum absolute atomic E-state index is 0.174. The van der Waals surface area contributed by atoms with Gasteiger partial charge in [0.05, 0.1) is 0 Å². The van der Waals surface area contributed by atoms with Gasteiger partial charge in [0.15, 0.2) is 0 Å². The van der Waals surface area contributed by atoms with Crippen molar-refractivity contribution in [3.63, 3.8) is 0 Å². The van der Waals surface area contributed by atoms with Gasteiger partial charge in [0.2, 0.25) is 0 Å². The minimum Gasteiger partial charge on any atom is -0.406 e. The van der Waals surface area contributed by atoms with E-state index in [1.807, 2.05) is 18.2 Å². The average Bonchev–Trinajstić information content (AvgIpc) is 3.06. The van der Waals surface area contributed by atoms with Gasteiger partial charge in [-0.1, -0.05) is 35.9 Å².